The maximum atomic E-state index is 12.7. The highest BCUT2D eigenvalue weighted by molar-refractivity contribution is 7.86. The lowest BCUT2D eigenvalue weighted by Gasteiger charge is -2.31. The van der Waals surface area contributed by atoms with Gasteiger partial charge in [-0.25, -0.2) is 4.79 Å². The molecule has 9 heteroatoms. The number of nitrogens with zero attached hydrogens (tertiary/aromatic N) is 2. The number of carbonyl (C=O) groups excluding carboxylic acids is 1. The van der Waals surface area contributed by atoms with Gasteiger partial charge < -0.3 is 4.74 Å². The molecule has 2 fully saturated rings. The average Bonchev–Trinajstić information content (AvgIpc) is 3.19. The lowest BCUT2D eigenvalue weighted by molar-refractivity contribution is -0.166. The van der Waals surface area contributed by atoms with Crippen LogP contribution in [0.4, 0.5) is 4.79 Å². The van der Waals surface area contributed by atoms with Crippen LogP contribution in [-0.2, 0) is 30.4 Å². The summed E-state index contributed by atoms with van der Waals surface area (Å²) in [7, 11) is -3.62. The lowest BCUT2D eigenvalue weighted by atomic mass is 10.1. The van der Waals surface area contributed by atoms with Crippen molar-refractivity contribution in [3.8, 4) is 0 Å². The van der Waals surface area contributed by atoms with Crippen LogP contribution in [0.15, 0.2) is 30.3 Å². The molecule has 8 nitrogen and oxygen atoms in total. The first-order chi connectivity index (χ1) is 13.5. The van der Waals surface area contributed by atoms with E-state index in [4.69, 9.17) is 13.8 Å². The third kappa shape index (κ3) is 6.40. The second-order valence-electron chi connectivity index (χ2n) is 8.64. The molecule has 0 saturated carbocycles. The number of hydrogen-bond donors (Lipinski definition) is 0. The van der Waals surface area contributed by atoms with E-state index in [9.17, 15) is 13.2 Å². The van der Waals surface area contributed by atoms with E-state index in [1.54, 1.807) is 25.7 Å². The first kappa shape index (κ1) is 22.0. The van der Waals surface area contributed by atoms with E-state index in [1.807, 2.05) is 35.4 Å². The molecule has 1 amide bonds. The predicted molar refractivity (Wildman–Crippen MR) is 107 cm³/mol. The Kier molecular flexibility index (Phi) is 6.52. The Bertz CT molecular complexity index is 808. The Morgan fingerprint density at radius 1 is 1.24 bits per heavy atom. The number of carbonyl (C=O) groups is 1. The molecule has 162 valence electrons. The number of amides is 1. The molecule has 2 aliphatic rings. The zero-order chi connectivity index (χ0) is 21.2. The minimum Gasteiger partial charge on any atom is -0.444 e. The summed E-state index contributed by atoms with van der Waals surface area (Å²) in [6.45, 7) is 6.94. The highest BCUT2D eigenvalue weighted by atomic mass is 32.2. The monoisotopic (exact) mass is 426 g/mol. The summed E-state index contributed by atoms with van der Waals surface area (Å²) in [4.78, 5) is 20.4. The smallest absolute Gasteiger partial charge is 0.410 e. The van der Waals surface area contributed by atoms with Crippen molar-refractivity contribution in [2.75, 3.05) is 19.3 Å². The van der Waals surface area contributed by atoms with E-state index in [1.165, 1.54) is 0 Å². The first-order valence-corrected chi connectivity index (χ1v) is 11.7. The molecule has 2 saturated heterocycles. The second-order valence-corrected chi connectivity index (χ2v) is 10.2. The maximum absolute atomic E-state index is 12.7. The van der Waals surface area contributed by atoms with Crippen molar-refractivity contribution < 1.29 is 27.0 Å². The van der Waals surface area contributed by atoms with Gasteiger partial charge in [0.2, 0.25) is 0 Å². The van der Waals surface area contributed by atoms with Gasteiger partial charge in [0.25, 0.3) is 10.1 Å². The molecule has 0 radical (unpaired) electrons. The minimum absolute atomic E-state index is 0.158. The fraction of sp³-hybridized carbons (Fsp3) is 0.650. The molecular weight excluding hydrogens is 396 g/mol. The fourth-order valence-corrected chi connectivity index (χ4v) is 4.39. The van der Waals surface area contributed by atoms with Gasteiger partial charge in [0.15, 0.2) is 0 Å². The Labute approximate surface area is 172 Å². The number of benzene rings is 1. The third-order valence-corrected chi connectivity index (χ3v) is 5.44. The molecule has 3 rings (SSSR count). The summed E-state index contributed by atoms with van der Waals surface area (Å²) in [6, 6.07) is 9.70. The van der Waals surface area contributed by atoms with Crippen molar-refractivity contribution in [1.29, 1.82) is 0 Å². The van der Waals surface area contributed by atoms with Gasteiger partial charge >= 0.3 is 6.09 Å². The molecule has 0 aromatic heterocycles. The van der Waals surface area contributed by atoms with E-state index >= 15 is 0 Å². The van der Waals surface area contributed by atoms with Crippen LogP contribution in [0.5, 0.6) is 0 Å². The standard InChI is InChI=1S/C20H30N2O6S/c1-20(2,3)26-19(23)22-14-16(28-29(4,24)25)12-17(22)18-10-11-21(27-18)13-15-8-6-5-7-9-15/h5-9,16-18H,10-14H2,1-4H3/t16-,17+,18+/m1/s1. The maximum Gasteiger partial charge on any atom is 0.410 e. The molecule has 0 aliphatic carbocycles. The van der Waals surface area contributed by atoms with Crippen LogP contribution in [0.1, 0.15) is 39.2 Å². The van der Waals surface area contributed by atoms with Crippen LogP contribution in [0.3, 0.4) is 0 Å². The Balaban J connectivity index is 1.69. The molecule has 1 aromatic rings. The molecule has 0 spiro atoms. The molecule has 0 unspecified atom stereocenters. The van der Waals surface area contributed by atoms with E-state index in [0.717, 1.165) is 24.8 Å². The van der Waals surface area contributed by atoms with Gasteiger partial charge in [0.1, 0.15) is 11.7 Å². The van der Waals surface area contributed by atoms with Crippen LogP contribution in [0, 0.1) is 0 Å². The van der Waals surface area contributed by atoms with Gasteiger partial charge in [-0.2, -0.15) is 13.5 Å². The number of ether oxygens (including phenoxy) is 1. The van der Waals surface area contributed by atoms with Crippen molar-refractivity contribution in [2.45, 2.75) is 64.0 Å². The summed E-state index contributed by atoms with van der Waals surface area (Å²) in [5.74, 6) is 0. The van der Waals surface area contributed by atoms with Crippen LogP contribution in [0.2, 0.25) is 0 Å². The van der Waals surface area contributed by atoms with Gasteiger partial charge in [0, 0.05) is 13.1 Å². The molecule has 1 aromatic carbocycles. The largest absolute Gasteiger partial charge is 0.444 e. The normalized spacial score (nSPS) is 26.1. The molecule has 3 atom stereocenters. The SMILES string of the molecule is CC(C)(C)OC(=O)N1C[C@H](OS(C)(=O)=O)C[C@H]1[C@@H]1CCN(Cc2ccccc2)O1. The average molecular weight is 427 g/mol. The summed E-state index contributed by atoms with van der Waals surface area (Å²) in [5, 5.41) is 1.89. The van der Waals surface area contributed by atoms with Crippen molar-refractivity contribution in [2.24, 2.45) is 0 Å². The lowest BCUT2D eigenvalue weighted by Crippen LogP contribution is -2.45. The van der Waals surface area contributed by atoms with Crippen molar-refractivity contribution >= 4 is 16.2 Å². The molecule has 29 heavy (non-hydrogen) atoms. The number of likely N-dealkylation sites (tertiary alicyclic amines) is 1. The Morgan fingerprint density at radius 2 is 1.93 bits per heavy atom. The molecule has 2 aliphatic heterocycles. The number of hydroxylamine groups is 2. The summed E-state index contributed by atoms with van der Waals surface area (Å²) < 4.78 is 33.9. The van der Waals surface area contributed by atoms with Gasteiger partial charge in [0.05, 0.1) is 24.9 Å². The third-order valence-electron chi connectivity index (χ3n) is 4.82. The number of hydrogen-bond acceptors (Lipinski definition) is 7. The van der Waals surface area contributed by atoms with Gasteiger partial charge in [-0.05, 0) is 39.2 Å². The summed E-state index contributed by atoms with van der Waals surface area (Å²) in [6.07, 6.45) is 0.825. The van der Waals surface area contributed by atoms with E-state index < -0.39 is 27.9 Å². The highest BCUT2D eigenvalue weighted by Gasteiger charge is 2.45. The first-order valence-electron chi connectivity index (χ1n) is 9.84. The zero-order valence-electron chi connectivity index (χ0n) is 17.4. The molecule has 0 bridgehead atoms. The van der Waals surface area contributed by atoms with Gasteiger partial charge in [-0.1, -0.05) is 30.3 Å². The fourth-order valence-electron chi connectivity index (χ4n) is 3.76. The van der Waals surface area contributed by atoms with Crippen LogP contribution < -0.4 is 0 Å². The summed E-state index contributed by atoms with van der Waals surface area (Å²) >= 11 is 0. The number of rotatable bonds is 5. The Morgan fingerprint density at radius 3 is 2.55 bits per heavy atom. The zero-order valence-corrected chi connectivity index (χ0v) is 18.2. The van der Waals surface area contributed by atoms with Crippen LogP contribution in [-0.4, -0.2) is 67.7 Å². The van der Waals surface area contributed by atoms with E-state index in [0.29, 0.717) is 13.0 Å². The van der Waals surface area contributed by atoms with Crippen molar-refractivity contribution in [1.82, 2.24) is 9.96 Å². The van der Waals surface area contributed by atoms with Crippen molar-refractivity contribution in [3.05, 3.63) is 35.9 Å². The predicted octanol–water partition coefficient (Wildman–Crippen LogP) is 2.55. The van der Waals surface area contributed by atoms with Gasteiger partial charge in [-0.15, -0.1) is 0 Å². The second kappa shape index (κ2) is 8.59. The Hall–Kier alpha value is -1.68. The van der Waals surface area contributed by atoms with E-state index in [2.05, 4.69) is 0 Å². The molecule has 2 heterocycles. The van der Waals surface area contributed by atoms with Crippen molar-refractivity contribution in [3.63, 3.8) is 0 Å². The summed E-state index contributed by atoms with van der Waals surface area (Å²) in [5.41, 5.74) is 0.495. The van der Waals surface area contributed by atoms with E-state index in [-0.39, 0.29) is 18.7 Å². The van der Waals surface area contributed by atoms with Crippen LogP contribution in [0.25, 0.3) is 0 Å². The molecular formula is C20H30N2O6S. The van der Waals surface area contributed by atoms with Crippen LogP contribution >= 0.6 is 0 Å². The minimum atomic E-state index is -3.62. The highest BCUT2D eigenvalue weighted by Crippen LogP contribution is 2.32. The topological polar surface area (TPSA) is 85.4 Å². The quantitative estimate of drug-likeness (QED) is 0.669. The van der Waals surface area contributed by atoms with Gasteiger partial charge in [-0.3, -0.25) is 13.9 Å². The molecule has 0 N–H and O–H groups in total.